The molecule has 1 atom stereocenters. The van der Waals surface area contributed by atoms with E-state index in [4.69, 9.17) is 10.7 Å². The molecule has 0 fully saturated rings. The Morgan fingerprint density at radius 1 is 1.00 bits per heavy atom. The minimum Gasteiger partial charge on any atom is -0.368 e. The van der Waals surface area contributed by atoms with Gasteiger partial charge in [-0.15, -0.1) is 0 Å². The number of benzene rings is 2. The first-order valence-electron chi connectivity index (χ1n) is 10.0. The predicted octanol–water partition coefficient (Wildman–Crippen LogP) is 3.40. The molecule has 0 aliphatic rings. The Labute approximate surface area is 177 Å². The Morgan fingerprint density at radius 2 is 1.77 bits per heavy atom. The number of H-pyrrole nitrogens is 1. The molecule has 3 N–H and O–H groups in total. The van der Waals surface area contributed by atoms with E-state index >= 15 is 0 Å². The second-order valence-corrected chi connectivity index (χ2v) is 7.66. The molecule has 0 saturated heterocycles. The minimum absolute atomic E-state index is 0.109. The van der Waals surface area contributed by atoms with Crippen molar-refractivity contribution in [3.63, 3.8) is 0 Å². The molecule has 8 nitrogen and oxygen atoms in total. The quantitative estimate of drug-likeness (QED) is 0.470. The molecule has 3 heterocycles. The number of para-hydroxylation sites is 1. The van der Waals surface area contributed by atoms with Gasteiger partial charge >= 0.3 is 0 Å². The molecule has 8 heteroatoms. The Kier molecular flexibility index (Phi) is 4.28. The molecular weight excluding hydrogens is 390 g/mol. The van der Waals surface area contributed by atoms with E-state index in [2.05, 4.69) is 19.9 Å². The molecule has 0 aliphatic carbocycles. The zero-order chi connectivity index (χ0) is 21.7. The summed E-state index contributed by atoms with van der Waals surface area (Å²) in [6.07, 6.45) is 1.56. The predicted molar refractivity (Wildman–Crippen MR) is 120 cm³/mol. The monoisotopic (exact) mass is 411 g/mol. The van der Waals surface area contributed by atoms with Crippen molar-refractivity contribution >= 4 is 28.0 Å². The number of aromatic amines is 1. The van der Waals surface area contributed by atoms with Crippen LogP contribution in [0.4, 0.5) is 5.95 Å². The van der Waals surface area contributed by atoms with Crippen LogP contribution >= 0.6 is 0 Å². The lowest BCUT2D eigenvalue weighted by atomic mass is 10.0. The van der Waals surface area contributed by atoms with Gasteiger partial charge < -0.3 is 10.7 Å². The number of nitrogens with two attached hydrogens (primary N) is 1. The number of rotatable bonds is 3. The van der Waals surface area contributed by atoms with Crippen molar-refractivity contribution in [3.05, 3.63) is 81.8 Å². The van der Waals surface area contributed by atoms with Crippen LogP contribution in [0.1, 0.15) is 35.5 Å². The van der Waals surface area contributed by atoms with Gasteiger partial charge in [0.25, 0.3) is 5.56 Å². The summed E-state index contributed by atoms with van der Waals surface area (Å²) in [5.74, 6) is 0.347. The van der Waals surface area contributed by atoms with Gasteiger partial charge in [-0.05, 0) is 44.0 Å². The Bertz CT molecular complexity index is 1520. The second kappa shape index (κ2) is 7.02. The fourth-order valence-electron chi connectivity index (χ4n) is 4.06. The Morgan fingerprint density at radius 3 is 2.58 bits per heavy atom. The highest BCUT2D eigenvalue weighted by Gasteiger charge is 2.24. The Hall–Kier alpha value is -4.07. The smallest absolute Gasteiger partial charge is 0.266 e. The number of nitrogen functional groups attached to an aromatic ring is 1. The first-order valence-corrected chi connectivity index (χ1v) is 10.0. The van der Waals surface area contributed by atoms with Crippen LogP contribution in [0, 0.1) is 13.8 Å². The van der Waals surface area contributed by atoms with Gasteiger partial charge in [-0.1, -0.05) is 30.3 Å². The number of fused-ring (bicyclic) bond motifs is 2. The van der Waals surface area contributed by atoms with Crippen molar-refractivity contribution in [2.75, 3.05) is 5.73 Å². The van der Waals surface area contributed by atoms with Gasteiger partial charge in [0.05, 0.1) is 34.5 Å². The van der Waals surface area contributed by atoms with E-state index in [-0.39, 0.29) is 17.4 Å². The van der Waals surface area contributed by atoms with Gasteiger partial charge in [-0.2, -0.15) is 4.98 Å². The van der Waals surface area contributed by atoms with E-state index in [0.717, 1.165) is 16.8 Å². The van der Waals surface area contributed by atoms with E-state index in [0.29, 0.717) is 33.6 Å². The molecule has 0 aliphatic heterocycles. The Balaban J connectivity index is 1.88. The number of hydrogen-bond donors (Lipinski definition) is 2. The second-order valence-electron chi connectivity index (χ2n) is 7.66. The van der Waals surface area contributed by atoms with Gasteiger partial charge in [-0.3, -0.25) is 9.36 Å². The van der Waals surface area contributed by atoms with Crippen molar-refractivity contribution < 1.29 is 0 Å². The number of hydrogen-bond acceptors (Lipinski definition) is 6. The zero-order valence-electron chi connectivity index (χ0n) is 17.4. The normalized spacial score (nSPS) is 12.5. The maximum atomic E-state index is 13.8. The van der Waals surface area contributed by atoms with Crippen LogP contribution in [-0.2, 0) is 0 Å². The molecule has 3 aromatic heterocycles. The molecular formula is C23H21N7O. The lowest BCUT2D eigenvalue weighted by molar-refractivity contribution is 0.736. The highest BCUT2D eigenvalue weighted by Crippen LogP contribution is 2.29. The molecule has 0 bridgehead atoms. The molecule has 5 rings (SSSR count). The van der Waals surface area contributed by atoms with Crippen LogP contribution in [0.5, 0.6) is 0 Å². The summed E-state index contributed by atoms with van der Waals surface area (Å²) < 4.78 is 1.69. The van der Waals surface area contributed by atoms with Gasteiger partial charge in [0.2, 0.25) is 5.95 Å². The highest BCUT2D eigenvalue weighted by molar-refractivity contribution is 5.82. The SMILES string of the molecule is Cc1ccccc1-n1c(C(C)c2nc(N)nc3nc[nH]c23)nc2cccc(C)c2c1=O. The van der Waals surface area contributed by atoms with Crippen molar-refractivity contribution in [1.82, 2.24) is 29.5 Å². The number of aryl methyl sites for hydroxylation is 2. The van der Waals surface area contributed by atoms with E-state index < -0.39 is 0 Å². The number of aromatic nitrogens is 6. The van der Waals surface area contributed by atoms with Crippen LogP contribution in [-0.4, -0.2) is 29.5 Å². The van der Waals surface area contributed by atoms with Gasteiger partial charge in [0.15, 0.2) is 5.65 Å². The van der Waals surface area contributed by atoms with Crippen LogP contribution < -0.4 is 11.3 Å². The molecule has 0 amide bonds. The zero-order valence-corrected chi connectivity index (χ0v) is 17.4. The average Bonchev–Trinajstić information content (AvgIpc) is 3.21. The first-order chi connectivity index (χ1) is 15.0. The van der Waals surface area contributed by atoms with Crippen molar-refractivity contribution in [3.8, 4) is 5.69 Å². The average molecular weight is 411 g/mol. The summed E-state index contributed by atoms with van der Waals surface area (Å²) in [7, 11) is 0. The molecule has 0 spiro atoms. The largest absolute Gasteiger partial charge is 0.368 e. The maximum absolute atomic E-state index is 13.8. The highest BCUT2D eigenvalue weighted by atomic mass is 16.1. The fraction of sp³-hybridized carbons (Fsp3) is 0.174. The summed E-state index contributed by atoms with van der Waals surface area (Å²) in [6.45, 7) is 5.87. The van der Waals surface area contributed by atoms with Crippen LogP contribution in [0.15, 0.2) is 53.6 Å². The third-order valence-corrected chi connectivity index (χ3v) is 5.62. The summed E-state index contributed by atoms with van der Waals surface area (Å²) in [5, 5.41) is 0.607. The van der Waals surface area contributed by atoms with Gasteiger partial charge in [0.1, 0.15) is 11.3 Å². The topological polar surface area (TPSA) is 115 Å². The van der Waals surface area contributed by atoms with Crippen molar-refractivity contribution in [2.45, 2.75) is 26.7 Å². The number of nitrogens with zero attached hydrogens (tertiary/aromatic N) is 5. The first kappa shape index (κ1) is 18.9. The third kappa shape index (κ3) is 2.95. The maximum Gasteiger partial charge on any atom is 0.266 e. The molecule has 5 aromatic rings. The molecule has 1 unspecified atom stereocenters. The van der Waals surface area contributed by atoms with E-state index in [9.17, 15) is 4.79 Å². The third-order valence-electron chi connectivity index (χ3n) is 5.62. The molecule has 0 saturated carbocycles. The lowest BCUT2D eigenvalue weighted by Gasteiger charge is -2.20. The summed E-state index contributed by atoms with van der Waals surface area (Å²) in [6, 6.07) is 13.5. The molecule has 2 aromatic carbocycles. The molecule has 0 radical (unpaired) electrons. The minimum atomic E-state index is -0.356. The van der Waals surface area contributed by atoms with E-state index in [1.165, 1.54) is 0 Å². The van der Waals surface area contributed by atoms with E-state index in [1.54, 1.807) is 10.9 Å². The number of anilines is 1. The van der Waals surface area contributed by atoms with Crippen LogP contribution in [0.25, 0.3) is 27.8 Å². The van der Waals surface area contributed by atoms with Gasteiger partial charge in [-0.25, -0.2) is 15.0 Å². The lowest BCUT2D eigenvalue weighted by Crippen LogP contribution is -2.27. The standard InChI is InChI=1S/C23H21N7O/c1-12-7-4-5-10-16(12)30-21(27-15-9-6-8-13(2)17(15)22(30)31)14(3)18-19-20(26-11-25-19)29-23(24)28-18/h4-11,14H,1-3H3,(H3,24,25,26,28,29). The fourth-order valence-corrected chi connectivity index (χ4v) is 4.06. The number of nitrogens with one attached hydrogen (secondary N) is 1. The van der Waals surface area contributed by atoms with Crippen molar-refractivity contribution in [1.29, 1.82) is 0 Å². The van der Waals surface area contributed by atoms with Crippen LogP contribution in [0.3, 0.4) is 0 Å². The summed E-state index contributed by atoms with van der Waals surface area (Å²) >= 11 is 0. The molecule has 31 heavy (non-hydrogen) atoms. The van der Waals surface area contributed by atoms with Crippen LogP contribution in [0.2, 0.25) is 0 Å². The number of imidazole rings is 1. The van der Waals surface area contributed by atoms with E-state index in [1.807, 2.05) is 63.2 Å². The van der Waals surface area contributed by atoms with Gasteiger partial charge in [0, 0.05) is 0 Å². The summed E-state index contributed by atoms with van der Waals surface area (Å²) in [4.78, 5) is 34.7. The molecule has 154 valence electrons. The summed E-state index contributed by atoms with van der Waals surface area (Å²) in [5.41, 5.74) is 10.9. The van der Waals surface area contributed by atoms with Crippen molar-refractivity contribution in [2.24, 2.45) is 0 Å².